The van der Waals surface area contributed by atoms with Gasteiger partial charge in [0.05, 0.1) is 18.8 Å². The average molecular weight is 277 g/mol. The van der Waals surface area contributed by atoms with Crippen LogP contribution < -0.4 is 0 Å². The molecule has 2 fully saturated rings. The fourth-order valence-corrected chi connectivity index (χ4v) is 3.16. The Kier molecular flexibility index (Phi) is 3.80. The Morgan fingerprint density at radius 2 is 1.85 bits per heavy atom. The molecule has 1 saturated carbocycles. The van der Waals surface area contributed by atoms with E-state index in [-0.39, 0.29) is 0 Å². The molecule has 4 nitrogen and oxygen atoms in total. The molecule has 1 saturated heterocycles. The normalized spacial score (nSPS) is 24.1. The van der Waals surface area contributed by atoms with E-state index in [1.165, 1.54) is 5.56 Å². The van der Waals surface area contributed by atoms with E-state index in [0.29, 0.717) is 32.5 Å². The summed E-state index contributed by atoms with van der Waals surface area (Å²) in [5.74, 6) is -0.411. The Labute approximate surface area is 120 Å². The molecule has 2 heterocycles. The van der Waals surface area contributed by atoms with Gasteiger partial charge in [0.15, 0.2) is 5.79 Å². The van der Waals surface area contributed by atoms with Gasteiger partial charge in [-0.05, 0) is 30.9 Å². The van der Waals surface area contributed by atoms with Crippen LogP contribution in [0.1, 0.15) is 43.9 Å². The molecule has 2 aliphatic rings. The molecule has 1 aromatic rings. The van der Waals surface area contributed by atoms with E-state index in [0.717, 1.165) is 25.0 Å². The number of nitrogens with zero attached hydrogens (tertiary/aromatic N) is 1. The van der Waals surface area contributed by atoms with Gasteiger partial charge in [0.2, 0.25) is 0 Å². The molecule has 0 unspecified atom stereocenters. The number of hydrogen-bond donors (Lipinski definition) is 1. The van der Waals surface area contributed by atoms with E-state index in [1.807, 2.05) is 12.3 Å². The van der Waals surface area contributed by atoms with Crippen LogP contribution in [0.4, 0.5) is 0 Å². The summed E-state index contributed by atoms with van der Waals surface area (Å²) in [4.78, 5) is 4.46. The van der Waals surface area contributed by atoms with Gasteiger partial charge in [-0.15, -0.1) is 0 Å². The van der Waals surface area contributed by atoms with Crippen LogP contribution in [0.15, 0.2) is 18.3 Å². The second kappa shape index (κ2) is 5.43. The molecule has 1 aliphatic heterocycles. The molecule has 1 aromatic heterocycles. The minimum Gasteiger partial charge on any atom is -0.389 e. The fourth-order valence-electron chi connectivity index (χ4n) is 3.16. The zero-order valence-electron chi connectivity index (χ0n) is 12.1. The lowest BCUT2D eigenvalue weighted by Crippen LogP contribution is -2.44. The maximum Gasteiger partial charge on any atom is 0.168 e. The lowest BCUT2D eigenvalue weighted by atomic mass is 9.78. The number of ether oxygens (including phenoxy) is 2. The average Bonchev–Trinajstić information content (AvgIpc) is 2.93. The lowest BCUT2D eigenvalue weighted by Gasteiger charge is -2.40. The Balaban J connectivity index is 1.62. The van der Waals surface area contributed by atoms with Crippen LogP contribution >= 0.6 is 0 Å². The zero-order valence-corrected chi connectivity index (χ0v) is 12.1. The second-order valence-electron chi connectivity index (χ2n) is 6.02. The predicted octanol–water partition coefficient (Wildman–Crippen LogP) is 2.23. The maximum atomic E-state index is 10.7. The molecular formula is C16H23NO3. The quantitative estimate of drug-likeness (QED) is 0.920. The molecule has 0 aromatic carbocycles. The van der Waals surface area contributed by atoms with Gasteiger partial charge in [-0.2, -0.15) is 0 Å². The summed E-state index contributed by atoms with van der Waals surface area (Å²) >= 11 is 0. The van der Waals surface area contributed by atoms with Gasteiger partial charge in [-0.3, -0.25) is 4.98 Å². The molecule has 0 radical (unpaired) electrons. The highest BCUT2D eigenvalue weighted by molar-refractivity contribution is 5.15. The molecule has 1 spiro atoms. The molecular weight excluding hydrogens is 254 g/mol. The van der Waals surface area contributed by atoms with Crippen molar-refractivity contribution < 1.29 is 14.6 Å². The monoisotopic (exact) mass is 277 g/mol. The molecule has 4 heteroatoms. The first-order valence-corrected chi connectivity index (χ1v) is 7.57. The number of aliphatic hydroxyl groups is 1. The molecule has 20 heavy (non-hydrogen) atoms. The summed E-state index contributed by atoms with van der Waals surface area (Å²) in [5.41, 5.74) is 1.53. The summed E-state index contributed by atoms with van der Waals surface area (Å²) in [6, 6.07) is 4.13. The minimum atomic E-state index is -0.665. The zero-order chi connectivity index (χ0) is 14.1. The Bertz CT molecular complexity index is 441. The molecule has 0 amide bonds. The van der Waals surface area contributed by atoms with Crippen LogP contribution in [0.5, 0.6) is 0 Å². The lowest BCUT2D eigenvalue weighted by molar-refractivity contribution is -0.202. The van der Waals surface area contributed by atoms with Gasteiger partial charge in [-0.1, -0.05) is 13.0 Å². The first-order chi connectivity index (χ1) is 9.63. The van der Waals surface area contributed by atoms with E-state index in [9.17, 15) is 5.11 Å². The van der Waals surface area contributed by atoms with Crippen molar-refractivity contribution in [2.45, 2.75) is 56.8 Å². The molecule has 110 valence electrons. The van der Waals surface area contributed by atoms with Gasteiger partial charge >= 0.3 is 0 Å². The van der Waals surface area contributed by atoms with Crippen molar-refractivity contribution >= 4 is 0 Å². The summed E-state index contributed by atoms with van der Waals surface area (Å²) in [7, 11) is 0. The van der Waals surface area contributed by atoms with Crippen LogP contribution in [0.25, 0.3) is 0 Å². The summed E-state index contributed by atoms with van der Waals surface area (Å²) in [5, 5.41) is 10.7. The van der Waals surface area contributed by atoms with Crippen molar-refractivity contribution in [1.82, 2.24) is 4.98 Å². The highest BCUT2D eigenvalue weighted by Gasteiger charge is 2.45. The third-order valence-corrected chi connectivity index (χ3v) is 4.56. The third kappa shape index (κ3) is 2.87. The minimum absolute atomic E-state index is 0.411. The van der Waals surface area contributed by atoms with Gasteiger partial charge in [-0.25, -0.2) is 0 Å². The number of aromatic nitrogens is 1. The van der Waals surface area contributed by atoms with Crippen LogP contribution in [-0.4, -0.2) is 34.7 Å². The smallest absolute Gasteiger partial charge is 0.168 e. The van der Waals surface area contributed by atoms with Crippen molar-refractivity contribution in [1.29, 1.82) is 0 Å². The van der Waals surface area contributed by atoms with E-state index >= 15 is 0 Å². The first-order valence-electron chi connectivity index (χ1n) is 7.57. The standard InChI is InChI=1S/C16H23NO3/c1-2-13-3-4-14(17-12-13)11-15(18)5-7-16(8-6-15)19-9-10-20-16/h3-4,12,18H,2,5-11H2,1H3. The van der Waals surface area contributed by atoms with E-state index in [1.54, 1.807) is 0 Å². The predicted molar refractivity (Wildman–Crippen MR) is 75.4 cm³/mol. The Hall–Kier alpha value is -0.970. The van der Waals surface area contributed by atoms with Crippen LogP contribution in [0.2, 0.25) is 0 Å². The fraction of sp³-hybridized carbons (Fsp3) is 0.688. The number of pyridine rings is 1. The van der Waals surface area contributed by atoms with E-state index in [4.69, 9.17) is 9.47 Å². The first kappa shape index (κ1) is 14.0. The molecule has 0 atom stereocenters. The van der Waals surface area contributed by atoms with Crippen LogP contribution in [0, 0.1) is 0 Å². The molecule has 1 aliphatic carbocycles. The third-order valence-electron chi connectivity index (χ3n) is 4.56. The van der Waals surface area contributed by atoms with Crippen LogP contribution in [0.3, 0.4) is 0 Å². The Morgan fingerprint density at radius 3 is 2.40 bits per heavy atom. The largest absolute Gasteiger partial charge is 0.389 e. The SMILES string of the molecule is CCc1ccc(CC2(O)CCC3(CC2)OCCO3)nc1. The van der Waals surface area contributed by atoms with Crippen molar-refractivity contribution in [3.05, 3.63) is 29.6 Å². The number of hydrogen-bond acceptors (Lipinski definition) is 4. The summed E-state index contributed by atoms with van der Waals surface area (Å²) < 4.78 is 11.4. The Morgan fingerprint density at radius 1 is 1.15 bits per heavy atom. The highest BCUT2D eigenvalue weighted by atomic mass is 16.7. The van der Waals surface area contributed by atoms with Crippen molar-refractivity contribution in [3.63, 3.8) is 0 Å². The second-order valence-corrected chi connectivity index (χ2v) is 6.02. The molecule has 0 bridgehead atoms. The van der Waals surface area contributed by atoms with E-state index in [2.05, 4.69) is 18.0 Å². The highest BCUT2D eigenvalue weighted by Crippen LogP contribution is 2.41. The maximum absolute atomic E-state index is 10.7. The topological polar surface area (TPSA) is 51.6 Å². The van der Waals surface area contributed by atoms with Gasteiger partial charge in [0.1, 0.15) is 0 Å². The van der Waals surface area contributed by atoms with Crippen molar-refractivity contribution in [3.8, 4) is 0 Å². The summed E-state index contributed by atoms with van der Waals surface area (Å²) in [6.07, 6.45) is 6.50. The molecule has 1 N–H and O–H groups in total. The van der Waals surface area contributed by atoms with Crippen molar-refractivity contribution in [2.75, 3.05) is 13.2 Å². The number of rotatable bonds is 3. The van der Waals surface area contributed by atoms with E-state index < -0.39 is 11.4 Å². The van der Waals surface area contributed by atoms with Gasteiger partial charge < -0.3 is 14.6 Å². The number of aryl methyl sites for hydroxylation is 1. The summed E-state index contributed by atoms with van der Waals surface area (Å²) in [6.45, 7) is 3.48. The van der Waals surface area contributed by atoms with Crippen molar-refractivity contribution in [2.24, 2.45) is 0 Å². The van der Waals surface area contributed by atoms with Gasteiger partial charge in [0.25, 0.3) is 0 Å². The molecule has 3 rings (SSSR count). The van der Waals surface area contributed by atoms with Crippen LogP contribution in [-0.2, 0) is 22.3 Å². The van der Waals surface area contributed by atoms with Gasteiger partial charge in [0, 0.05) is 31.2 Å².